The van der Waals surface area contributed by atoms with Crippen molar-refractivity contribution in [1.29, 1.82) is 0 Å². The second kappa shape index (κ2) is 2.58. The Kier molecular flexibility index (Phi) is 1.55. The van der Waals surface area contributed by atoms with Crippen LogP contribution in [0.5, 0.6) is 0 Å². The van der Waals surface area contributed by atoms with Gasteiger partial charge >= 0.3 is 5.97 Å². The summed E-state index contributed by atoms with van der Waals surface area (Å²) in [7, 11) is 0. The van der Waals surface area contributed by atoms with Crippen molar-refractivity contribution >= 4 is 16.9 Å². The summed E-state index contributed by atoms with van der Waals surface area (Å²) in [6.45, 7) is 1.86. The molecule has 0 aliphatic carbocycles. The number of hydrogen-bond donors (Lipinski definition) is 1. The summed E-state index contributed by atoms with van der Waals surface area (Å²) in [5, 5.41) is 13.0. The standard InChI is InChI=1S/C9H7NO3/c1-5-3-2-4-6-7(5)10-13-8(6)9(11)12/h2-4H,1H3,(H,11,12). The van der Waals surface area contributed by atoms with Crippen LogP contribution in [-0.2, 0) is 0 Å². The SMILES string of the molecule is Cc1cccc2c(C(=O)O)onc12. The Morgan fingerprint density at radius 1 is 1.54 bits per heavy atom. The van der Waals surface area contributed by atoms with Crippen molar-refractivity contribution < 1.29 is 14.4 Å². The minimum absolute atomic E-state index is 0.0984. The van der Waals surface area contributed by atoms with E-state index in [2.05, 4.69) is 5.16 Å². The second-order valence-corrected chi connectivity index (χ2v) is 2.79. The fraction of sp³-hybridized carbons (Fsp3) is 0.111. The van der Waals surface area contributed by atoms with Crippen molar-refractivity contribution in [2.75, 3.05) is 0 Å². The van der Waals surface area contributed by atoms with E-state index >= 15 is 0 Å². The zero-order chi connectivity index (χ0) is 9.42. The number of carboxylic acid groups (broad SMARTS) is 1. The van der Waals surface area contributed by atoms with E-state index in [1.807, 2.05) is 13.0 Å². The third-order valence-corrected chi connectivity index (χ3v) is 1.90. The fourth-order valence-corrected chi connectivity index (χ4v) is 1.26. The highest BCUT2D eigenvalue weighted by molar-refractivity contribution is 6.00. The first kappa shape index (κ1) is 7.79. The zero-order valence-corrected chi connectivity index (χ0v) is 6.94. The predicted molar refractivity (Wildman–Crippen MR) is 45.7 cm³/mol. The average molecular weight is 177 g/mol. The van der Waals surface area contributed by atoms with E-state index in [9.17, 15) is 4.79 Å². The van der Waals surface area contributed by atoms with E-state index in [0.29, 0.717) is 10.9 Å². The largest absolute Gasteiger partial charge is 0.475 e. The molecular formula is C9H7NO3. The molecule has 1 N–H and O–H groups in total. The summed E-state index contributed by atoms with van der Waals surface area (Å²) in [6.07, 6.45) is 0. The first-order valence-electron chi connectivity index (χ1n) is 3.78. The van der Waals surface area contributed by atoms with Gasteiger partial charge in [-0.3, -0.25) is 0 Å². The van der Waals surface area contributed by atoms with E-state index in [4.69, 9.17) is 9.63 Å². The molecule has 4 heteroatoms. The molecule has 0 aliphatic heterocycles. The Labute approximate surface area is 73.8 Å². The summed E-state index contributed by atoms with van der Waals surface area (Å²) >= 11 is 0. The van der Waals surface area contributed by atoms with Crippen LogP contribution in [0.4, 0.5) is 0 Å². The number of fused-ring (bicyclic) bond motifs is 1. The molecule has 0 atom stereocenters. The Morgan fingerprint density at radius 2 is 2.31 bits per heavy atom. The molecule has 66 valence electrons. The third kappa shape index (κ3) is 1.07. The van der Waals surface area contributed by atoms with Crippen molar-refractivity contribution in [3.8, 4) is 0 Å². The third-order valence-electron chi connectivity index (χ3n) is 1.90. The summed E-state index contributed by atoms with van der Waals surface area (Å²) in [5.41, 5.74) is 1.52. The van der Waals surface area contributed by atoms with Crippen LogP contribution in [0.2, 0.25) is 0 Å². The van der Waals surface area contributed by atoms with Crippen molar-refractivity contribution in [1.82, 2.24) is 5.16 Å². The summed E-state index contributed by atoms with van der Waals surface area (Å²) in [6, 6.07) is 5.32. The maximum atomic E-state index is 10.7. The van der Waals surface area contributed by atoms with Crippen LogP contribution in [0.1, 0.15) is 16.1 Å². The minimum atomic E-state index is -1.09. The lowest BCUT2D eigenvalue weighted by Crippen LogP contribution is -1.93. The van der Waals surface area contributed by atoms with Crippen LogP contribution in [0.3, 0.4) is 0 Å². The molecule has 4 nitrogen and oxygen atoms in total. The van der Waals surface area contributed by atoms with Gasteiger partial charge in [0.25, 0.3) is 5.76 Å². The molecular weight excluding hydrogens is 170 g/mol. The molecule has 0 aliphatic rings. The first-order valence-corrected chi connectivity index (χ1v) is 3.78. The van der Waals surface area contributed by atoms with Crippen molar-refractivity contribution in [2.24, 2.45) is 0 Å². The molecule has 13 heavy (non-hydrogen) atoms. The monoisotopic (exact) mass is 177 g/mol. The van der Waals surface area contributed by atoms with Crippen LogP contribution in [-0.4, -0.2) is 16.2 Å². The van der Waals surface area contributed by atoms with Crippen LogP contribution in [0.25, 0.3) is 10.9 Å². The molecule has 0 unspecified atom stereocenters. The summed E-state index contributed by atoms with van der Waals surface area (Å²) in [5.74, 6) is -1.19. The van der Waals surface area contributed by atoms with Gasteiger partial charge in [0.1, 0.15) is 5.52 Å². The molecule has 0 bridgehead atoms. The molecule has 0 saturated carbocycles. The lowest BCUT2D eigenvalue weighted by molar-refractivity contribution is 0.0655. The minimum Gasteiger partial charge on any atom is -0.475 e. The Bertz CT molecular complexity index is 473. The van der Waals surface area contributed by atoms with Crippen LogP contribution >= 0.6 is 0 Å². The molecule has 0 spiro atoms. The highest BCUT2D eigenvalue weighted by Crippen LogP contribution is 2.20. The van der Waals surface area contributed by atoms with Gasteiger partial charge in [-0.25, -0.2) is 4.79 Å². The number of rotatable bonds is 1. The van der Waals surface area contributed by atoms with Gasteiger partial charge in [0, 0.05) is 0 Å². The molecule has 0 amide bonds. The number of aryl methyl sites for hydroxylation is 1. The highest BCUT2D eigenvalue weighted by atomic mass is 16.5. The van der Waals surface area contributed by atoms with Gasteiger partial charge < -0.3 is 9.63 Å². The normalized spacial score (nSPS) is 10.5. The maximum absolute atomic E-state index is 10.7. The molecule has 2 rings (SSSR count). The molecule has 1 heterocycles. The quantitative estimate of drug-likeness (QED) is 0.721. The van der Waals surface area contributed by atoms with Crippen LogP contribution < -0.4 is 0 Å². The fourth-order valence-electron chi connectivity index (χ4n) is 1.26. The number of nitrogens with zero attached hydrogens (tertiary/aromatic N) is 1. The first-order chi connectivity index (χ1) is 6.20. The second-order valence-electron chi connectivity index (χ2n) is 2.79. The molecule has 2 aromatic rings. The van der Waals surface area contributed by atoms with E-state index in [-0.39, 0.29) is 5.76 Å². The number of aromatic carboxylic acids is 1. The van der Waals surface area contributed by atoms with Gasteiger partial charge in [-0.15, -0.1) is 0 Å². The van der Waals surface area contributed by atoms with Gasteiger partial charge in [-0.1, -0.05) is 17.3 Å². The van der Waals surface area contributed by atoms with Crippen LogP contribution in [0, 0.1) is 6.92 Å². The Morgan fingerprint density at radius 3 is 3.00 bits per heavy atom. The predicted octanol–water partition coefficient (Wildman–Crippen LogP) is 1.83. The van der Waals surface area contributed by atoms with E-state index < -0.39 is 5.97 Å². The summed E-state index contributed by atoms with van der Waals surface area (Å²) < 4.78 is 4.71. The smallest absolute Gasteiger partial charge is 0.375 e. The van der Waals surface area contributed by atoms with Gasteiger partial charge in [0.15, 0.2) is 0 Å². The Balaban J connectivity index is 2.83. The Hall–Kier alpha value is -1.84. The average Bonchev–Trinajstić information content (AvgIpc) is 2.48. The lowest BCUT2D eigenvalue weighted by Gasteiger charge is -1.90. The topological polar surface area (TPSA) is 63.3 Å². The number of benzene rings is 1. The van der Waals surface area contributed by atoms with Crippen molar-refractivity contribution in [3.63, 3.8) is 0 Å². The molecule has 0 radical (unpaired) electrons. The summed E-state index contributed by atoms with van der Waals surface area (Å²) in [4.78, 5) is 10.7. The lowest BCUT2D eigenvalue weighted by atomic mass is 10.1. The van der Waals surface area contributed by atoms with Crippen molar-refractivity contribution in [3.05, 3.63) is 29.5 Å². The van der Waals surface area contributed by atoms with Gasteiger partial charge in [-0.05, 0) is 18.6 Å². The zero-order valence-electron chi connectivity index (χ0n) is 6.94. The van der Waals surface area contributed by atoms with E-state index in [1.165, 1.54) is 0 Å². The molecule has 0 saturated heterocycles. The van der Waals surface area contributed by atoms with Gasteiger partial charge in [0.2, 0.25) is 0 Å². The highest BCUT2D eigenvalue weighted by Gasteiger charge is 2.15. The van der Waals surface area contributed by atoms with Gasteiger partial charge in [0.05, 0.1) is 5.39 Å². The number of carbonyl (C=O) groups is 1. The van der Waals surface area contributed by atoms with Crippen LogP contribution in [0.15, 0.2) is 22.7 Å². The number of hydrogen-bond acceptors (Lipinski definition) is 3. The molecule has 1 aromatic carbocycles. The van der Waals surface area contributed by atoms with Crippen molar-refractivity contribution in [2.45, 2.75) is 6.92 Å². The van der Waals surface area contributed by atoms with E-state index in [1.54, 1.807) is 12.1 Å². The maximum Gasteiger partial charge on any atom is 0.375 e. The number of aromatic nitrogens is 1. The molecule has 1 aromatic heterocycles. The van der Waals surface area contributed by atoms with Gasteiger partial charge in [-0.2, -0.15) is 0 Å². The van der Waals surface area contributed by atoms with E-state index in [0.717, 1.165) is 5.56 Å². The number of carboxylic acids is 1. The molecule has 0 fully saturated rings.